The maximum Gasteiger partial charge on any atom is 0.302 e. The summed E-state index contributed by atoms with van der Waals surface area (Å²) in [5.41, 5.74) is 1.58. The summed E-state index contributed by atoms with van der Waals surface area (Å²) in [4.78, 5) is 11.5. The lowest BCUT2D eigenvalue weighted by atomic mass is 9.49. The average molecular weight is 334 g/mol. The van der Waals surface area contributed by atoms with Crippen molar-refractivity contribution >= 4 is 5.97 Å². The summed E-state index contributed by atoms with van der Waals surface area (Å²) in [6.07, 6.45) is 7.63. The first-order chi connectivity index (χ1) is 11.2. The van der Waals surface area contributed by atoms with Crippen molar-refractivity contribution in [3.63, 3.8) is 0 Å². The minimum absolute atomic E-state index is 0.0308. The maximum absolute atomic E-state index is 11.5. The lowest BCUT2D eigenvalue weighted by molar-refractivity contribution is -0.161. The second-order valence-corrected chi connectivity index (χ2v) is 8.97. The van der Waals surface area contributed by atoms with E-state index in [4.69, 9.17) is 4.74 Å². The van der Waals surface area contributed by atoms with E-state index in [0.717, 1.165) is 31.6 Å². The maximum atomic E-state index is 11.5. The molecule has 3 rings (SSSR count). The predicted octanol–water partition coefficient (Wildman–Crippen LogP) is 4.34. The van der Waals surface area contributed by atoms with Crippen molar-refractivity contribution in [1.82, 2.24) is 0 Å². The molecule has 0 saturated heterocycles. The van der Waals surface area contributed by atoms with Crippen LogP contribution in [0.5, 0.6) is 0 Å². The van der Waals surface area contributed by atoms with Gasteiger partial charge in [-0.15, -0.1) is 0 Å². The molecule has 0 aromatic carbocycles. The molecule has 5 unspecified atom stereocenters. The second kappa shape index (κ2) is 6.48. The van der Waals surface area contributed by atoms with Crippen LogP contribution in [0.25, 0.3) is 0 Å². The number of fused-ring (bicyclic) bond motifs is 3. The molecule has 24 heavy (non-hydrogen) atoms. The van der Waals surface area contributed by atoms with Crippen LogP contribution in [-0.4, -0.2) is 23.3 Å². The summed E-state index contributed by atoms with van der Waals surface area (Å²) in [6.45, 7) is 10.6. The molecule has 2 saturated carbocycles. The van der Waals surface area contributed by atoms with Crippen molar-refractivity contribution in [1.29, 1.82) is 0 Å². The van der Waals surface area contributed by atoms with Gasteiger partial charge in [0, 0.05) is 12.3 Å². The molecule has 136 valence electrons. The number of hydrogen-bond acceptors (Lipinski definition) is 3. The SMILES string of the molecule is CC(=O)O[C@@H](C)C1(C)CCC2C3CC[C@@H](O)CC3=C[C@@H](C)C2C1C. The van der Waals surface area contributed by atoms with Crippen LogP contribution in [0.2, 0.25) is 0 Å². The topological polar surface area (TPSA) is 46.5 Å². The van der Waals surface area contributed by atoms with Gasteiger partial charge in [0.1, 0.15) is 6.10 Å². The van der Waals surface area contributed by atoms with E-state index in [2.05, 4.69) is 33.8 Å². The molecule has 3 aliphatic carbocycles. The minimum atomic E-state index is -0.168. The lowest BCUT2D eigenvalue weighted by Crippen LogP contribution is -2.52. The first-order valence-electron chi connectivity index (χ1n) is 9.80. The van der Waals surface area contributed by atoms with Gasteiger partial charge >= 0.3 is 5.97 Å². The molecule has 0 amide bonds. The Morgan fingerprint density at radius 1 is 1.33 bits per heavy atom. The zero-order valence-corrected chi connectivity index (χ0v) is 15.9. The van der Waals surface area contributed by atoms with E-state index in [0.29, 0.717) is 23.7 Å². The summed E-state index contributed by atoms with van der Waals surface area (Å²) >= 11 is 0. The first kappa shape index (κ1) is 18.0. The third-order valence-electron chi connectivity index (χ3n) is 7.76. The van der Waals surface area contributed by atoms with E-state index in [1.807, 2.05) is 0 Å². The van der Waals surface area contributed by atoms with Gasteiger partial charge in [-0.2, -0.15) is 0 Å². The molecule has 3 heteroatoms. The summed E-state index contributed by atoms with van der Waals surface area (Å²) in [5, 5.41) is 10.0. The van der Waals surface area contributed by atoms with Gasteiger partial charge in [-0.3, -0.25) is 4.79 Å². The monoisotopic (exact) mass is 334 g/mol. The predicted molar refractivity (Wildman–Crippen MR) is 95.3 cm³/mol. The Morgan fingerprint density at radius 3 is 2.71 bits per heavy atom. The van der Waals surface area contributed by atoms with Gasteiger partial charge in [-0.05, 0) is 68.6 Å². The van der Waals surface area contributed by atoms with Crippen molar-refractivity contribution in [2.24, 2.45) is 35.0 Å². The van der Waals surface area contributed by atoms with Gasteiger partial charge in [0.05, 0.1) is 6.10 Å². The van der Waals surface area contributed by atoms with Crippen molar-refractivity contribution in [3.05, 3.63) is 11.6 Å². The molecule has 0 aromatic heterocycles. The number of allylic oxidation sites excluding steroid dienone is 1. The fourth-order valence-electron chi connectivity index (χ4n) is 6.19. The van der Waals surface area contributed by atoms with Gasteiger partial charge in [-0.25, -0.2) is 0 Å². The average Bonchev–Trinajstić information content (AvgIpc) is 2.49. The van der Waals surface area contributed by atoms with Crippen LogP contribution in [0.3, 0.4) is 0 Å². The smallest absolute Gasteiger partial charge is 0.302 e. The minimum Gasteiger partial charge on any atom is -0.462 e. The van der Waals surface area contributed by atoms with Gasteiger partial charge in [0.25, 0.3) is 0 Å². The van der Waals surface area contributed by atoms with Gasteiger partial charge in [0.2, 0.25) is 0 Å². The Labute approximate surface area is 146 Å². The first-order valence-corrected chi connectivity index (χ1v) is 9.80. The Morgan fingerprint density at radius 2 is 2.04 bits per heavy atom. The lowest BCUT2D eigenvalue weighted by Gasteiger charge is -2.56. The Kier molecular flexibility index (Phi) is 4.85. The molecule has 0 spiro atoms. The highest BCUT2D eigenvalue weighted by Crippen LogP contribution is 2.58. The van der Waals surface area contributed by atoms with E-state index < -0.39 is 0 Å². The van der Waals surface area contributed by atoms with Crippen molar-refractivity contribution < 1.29 is 14.6 Å². The fourth-order valence-corrected chi connectivity index (χ4v) is 6.19. The molecule has 1 N–H and O–H groups in total. The van der Waals surface area contributed by atoms with Crippen LogP contribution >= 0.6 is 0 Å². The van der Waals surface area contributed by atoms with E-state index in [-0.39, 0.29) is 23.6 Å². The van der Waals surface area contributed by atoms with E-state index in [9.17, 15) is 9.90 Å². The largest absolute Gasteiger partial charge is 0.462 e. The zero-order chi connectivity index (χ0) is 17.6. The molecule has 0 heterocycles. The van der Waals surface area contributed by atoms with Crippen molar-refractivity contribution in [2.75, 3.05) is 0 Å². The van der Waals surface area contributed by atoms with Gasteiger partial charge in [-0.1, -0.05) is 32.4 Å². The summed E-state index contributed by atoms with van der Waals surface area (Å²) < 4.78 is 5.61. The van der Waals surface area contributed by atoms with Gasteiger partial charge < -0.3 is 9.84 Å². The molecule has 0 aromatic rings. The molecule has 0 aliphatic heterocycles. The van der Waals surface area contributed by atoms with Crippen LogP contribution in [0.4, 0.5) is 0 Å². The third kappa shape index (κ3) is 2.94. The highest BCUT2D eigenvalue weighted by atomic mass is 16.5. The zero-order valence-electron chi connectivity index (χ0n) is 15.9. The number of rotatable bonds is 2. The molecule has 0 radical (unpaired) electrons. The van der Waals surface area contributed by atoms with E-state index in [1.165, 1.54) is 18.9 Å². The number of hydrogen-bond donors (Lipinski definition) is 1. The number of aliphatic hydroxyl groups excluding tert-OH is 1. The van der Waals surface area contributed by atoms with Crippen molar-refractivity contribution in [3.8, 4) is 0 Å². The number of carbonyl (C=O) groups excluding carboxylic acids is 1. The molecular formula is C21H34O3. The van der Waals surface area contributed by atoms with Crippen LogP contribution in [0, 0.1) is 35.0 Å². The standard InChI is InChI=1S/C21H34O3/c1-12-10-16-11-17(23)6-7-18(16)19-8-9-21(5,13(2)20(12)19)14(3)24-15(4)22/h10,12-14,17-20,23H,6-9,11H2,1-5H3/t12-,13?,14+,17-,18?,19?,20?,21?/m1/s1. The van der Waals surface area contributed by atoms with Crippen LogP contribution in [0.15, 0.2) is 11.6 Å². The Hall–Kier alpha value is -0.830. The van der Waals surface area contributed by atoms with Crippen LogP contribution in [0.1, 0.15) is 66.7 Å². The van der Waals surface area contributed by atoms with Crippen LogP contribution in [-0.2, 0) is 9.53 Å². The highest BCUT2D eigenvalue weighted by molar-refractivity contribution is 5.66. The molecule has 8 atom stereocenters. The highest BCUT2D eigenvalue weighted by Gasteiger charge is 2.53. The number of esters is 1. The molecule has 3 aliphatic rings. The van der Waals surface area contributed by atoms with E-state index >= 15 is 0 Å². The second-order valence-electron chi connectivity index (χ2n) is 8.97. The third-order valence-corrected chi connectivity index (χ3v) is 7.76. The molecule has 0 bridgehead atoms. The van der Waals surface area contributed by atoms with Crippen LogP contribution < -0.4 is 0 Å². The Balaban J connectivity index is 1.85. The quantitative estimate of drug-likeness (QED) is 0.603. The number of aliphatic hydroxyl groups is 1. The molecular weight excluding hydrogens is 300 g/mol. The fraction of sp³-hybridized carbons (Fsp3) is 0.857. The summed E-state index contributed by atoms with van der Waals surface area (Å²) in [5.74, 6) is 2.98. The summed E-state index contributed by atoms with van der Waals surface area (Å²) in [7, 11) is 0. The van der Waals surface area contributed by atoms with E-state index in [1.54, 1.807) is 0 Å². The Bertz CT molecular complexity index is 525. The van der Waals surface area contributed by atoms with Gasteiger partial charge in [0.15, 0.2) is 0 Å². The molecule has 2 fully saturated rings. The normalized spacial score (nSPS) is 46.3. The number of carbonyl (C=O) groups is 1. The number of ether oxygens (including phenoxy) is 1. The van der Waals surface area contributed by atoms with Crippen molar-refractivity contribution in [2.45, 2.75) is 78.9 Å². The molecule has 3 nitrogen and oxygen atoms in total. The summed E-state index contributed by atoms with van der Waals surface area (Å²) in [6, 6.07) is 0.